The van der Waals surface area contributed by atoms with E-state index in [-0.39, 0.29) is 0 Å². The Morgan fingerprint density at radius 3 is 2.73 bits per heavy atom. The van der Waals surface area contributed by atoms with E-state index in [1.807, 2.05) is 0 Å². The number of fused-ring (bicyclic) bond motifs is 2. The molecule has 0 saturated heterocycles. The number of hydrogen-bond acceptors (Lipinski definition) is 0. The molecule has 2 saturated carbocycles. The zero-order chi connectivity index (χ0) is 11.1. The summed E-state index contributed by atoms with van der Waals surface area (Å²) in [7, 11) is 0. The maximum atomic E-state index is 3.97. The quantitative estimate of drug-likeness (QED) is 0.583. The molecule has 0 amide bonds. The monoisotopic (exact) mass is 204 g/mol. The van der Waals surface area contributed by atoms with E-state index in [9.17, 15) is 0 Å². The first-order valence-corrected chi connectivity index (χ1v) is 6.36. The van der Waals surface area contributed by atoms with Crippen molar-refractivity contribution in [3.8, 4) is 0 Å². The first kappa shape index (κ1) is 11.0. The topological polar surface area (TPSA) is 0 Å². The van der Waals surface area contributed by atoms with Crippen molar-refractivity contribution in [2.24, 2.45) is 17.3 Å². The number of allylic oxidation sites excluding steroid dienone is 3. The Morgan fingerprint density at radius 1 is 1.47 bits per heavy atom. The Balaban J connectivity index is 2.05. The van der Waals surface area contributed by atoms with Crippen molar-refractivity contribution in [3.05, 3.63) is 23.8 Å². The van der Waals surface area contributed by atoms with Gasteiger partial charge in [-0.2, -0.15) is 0 Å². The summed E-state index contributed by atoms with van der Waals surface area (Å²) >= 11 is 0. The van der Waals surface area contributed by atoms with Gasteiger partial charge in [0.2, 0.25) is 0 Å². The molecule has 0 aromatic rings. The van der Waals surface area contributed by atoms with Crippen LogP contribution in [0.2, 0.25) is 0 Å². The van der Waals surface area contributed by atoms with E-state index in [1.165, 1.54) is 31.3 Å². The van der Waals surface area contributed by atoms with Crippen LogP contribution in [0.4, 0.5) is 0 Å². The van der Waals surface area contributed by atoms with Crippen molar-refractivity contribution in [2.75, 3.05) is 0 Å². The van der Waals surface area contributed by atoms with E-state index in [0.29, 0.717) is 5.41 Å². The van der Waals surface area contributed by atoms with Crippen molar-refractivity contribution in [2.45, 2.75) is 52.9 Å². The SMILES string of the molecule is C=C(C)CC/C=C1\C2CCC(C2)C1(C)C. The summed E-state index contributed by atoms with van der Waals surface area (Å²) in [5, 5.41) is 0. The summed E-state index contributed by atoms with van der Waals surface area (Å²) in [5.74, 6) is 1.90. The van der Waals surface area contributed by atoms with E-state index in [0.717, 1.165) is 18.3 Å². The predicted octanol–water partition coefficient (Wildman–Crippen LogP) is 4.73. The minimum Gasteiger partial charge on any atom is -0.100 e. The highest BCUT2D eigenvalue weighted by molar-refractivity contribution is 5.26. The van der Waals surface area contributed by atoms with Crippen LogP contribution in [0.25, 0.3) is 0 Å². The molecule has 0 aromatic heterocycles. The molecule has 0 heteroatoms. The van der Waals surface area contributed by atoms with Gasteiger partial charge < -0.3 is 0 Å². The van der Waals surface area contributed by atoms with Gasteiger partial charge in [-0.1, -0.05) is 31.1 Å². The highest BCUT2D eigenvalue weighted by Gasteiger charge is 2.48. The number of rotatable bonds is 3. The highest BCUT2D eigenvalue weighted by atomic mass is 14.5. The van der Waals surface area contributed by atoms with Crippen LogP contribution in [0, 0.1) is 17.3 Å². The fourth-order valence-electron chi connectivity index (χ4n) is 3.59. The van der Waals surface area contributed by atoms with Crippen LogP contribution in [0.15, 0.2) is 23.8 Å². The van der Waals surface area contributed by atoms with Gasteiger partial charge in [0.05, 0.1) is 0 Å². The third kappa shape index (κ3) is 1.91. The third-order valence-electron chi connectivity index (χ3n) is 4.57. The molecule has 2 fully saturated rings. The normalized spacial score (nSPS) is 35.0. The van der Waals surface area contributed by atoms with Gasteiger partial charge in [-0.05, 0) is 56.3 Å². The lowest BCUT2D eigenvalue weighted by Crippen LogP contribution is -2.22. The average Bonchev–Trinajstić information content (AvgIpc) is 2.66. The van der Waals surface area contributed by atoms with Crippen LogP contribution in [-0.2, 0) is 0 Å². The fraction of sp³-hybridized carbons (Fsp3) is 0.733. The van der Waals surface area contributed by atoms with Crippen LogP contribution in [0.5, 0.6) is 0 Å². The van der Waals surface area contributed by atoms with E-state index in [2.05, 4.69) is 33.4 Å². The first-order valence-electron chi connectivity index (χ1n) is 6.36. The zero-order valence-corrected chi connectivity index (χ0v) is 10.5. The molecule has 2 bridgehead atoms. The Bertz CT molecular complexity index is 293. The lowest BCUT2D eigenvalue weighted by atomic mass is 9.72. The van der Waals surface area contributed by atoms with Gasteiger partial charge in [0.15, 0.2) is 0 Å². The molecule has 0 spiro atoms. The molecule has 0 radical (unpaired) electrons. The van der Waals surface area contributed by atoms with E-state index in [4.69, 9.17) is 0 Å². The minimum atomic E-state index is 0.498. The Labute approximate surface area is 94.5 Å². The van der Waals surface area contributed by atoms with E-state index in [1.54, 1.807) is 5.57 Å². The molecule has 15 heavy (non-hydrogen) atoms. The largest absolute Gasteiger partial charge is 0.100 e. The lowest BCUT2D eigenvalue weighted by Gasteiger charge is -2.33. The van der Waals surface area contributed by atoms with Crippen molar-refractivity contribution in [1.82, 2.24) is 0 Å². The predicted molar refractivity (Wildman–Crippen MR) is 66.7 cm³/mol. The van der Waals surface area contributed by atoms with Crippen molar-refractivity contribution in [3.63, 3.8) is 0 Å². The fourth-order valence-corrected chi connectivity index (χ4v) is 3.59. The Kier molecular flexibility index (Phi) is 2.79. The Hall–Kier alpha value is -0.520. The highest BCUT2D eigenvalue weighted by Crippen LogP contribution is 2.59. The zero-order valence-electron chi connectivity index (χ0n) is 10.5. The van der Waals surface area contributed by atoms with Gasteiger partial charge in [0.25, 0.3) is 0 Å². The second-order valence-electron chi connectivity index (χ2n) is 6.08. The summed E-state index contributed by atoms with van der Waals surface area (Å²) in [6.45, 7) is 11.0. The molecular weight excluding hydrogens is 180 g/mol. The van der Waals surface area contributed by atoms with Gasteiger partial charge in [-0.3, -0.25) is 0 Å². The summed E-state index contributed by atoms with van der Waals surface area (Å²) in [4.78, 5) is 0. The van der Waals surface area contributed by atoms with E-state index < -0.39 is 0 Å². The molecule has 2 unspecified atom stereocenters. The summed E-state index contributed by atoms with van der Waals surface area (Å²) in [6, 6.07) is 0. The first-order chi connectivity index (χ1) is 7.01. The van der Waals surface area contributed by atoms with Gasteiger partial charge in [0, 0.05) is 0 Å². The van der Waals surface area contributed by atoms with Crippen molar-refractivity contribution >= 4 is 0 Å². The smallest absolute Gasteiger partial charge is 0.0113 e. The molecule has 2 aliphatic rings. The maximum Gasteiger partial charge on any atom is -0.0113 e. The molecular formula is C15H24. The van der Waals surface area contributed by atoms with Crippen LogP contribution in [-0.4, -0.2) is 0 Å². The summed E-state index contributed by atoms with van der Waals surface area (Å²) in [5.41, 5.74) is 3.57. The standard InChI is InChI=1S/C15H24/c1-11(2)6-5-7-14-12-8-9-13(10-12)15(14,3)4/h7,12-13H,1,5-6,8-10H2,2-4H3/b14-7+. The number of hydrogen-bond donors (Lipinski definition) is 0. The van der Waals surface area contributed by atoms with Crippen LogP contribution < -0.4 is 0 Å². The molecule has 84 valence electrons. The van der Waals surface area contributed by atoms with Crippen molar-refractivity contribution < 1.29 is 0 Å². The second kappa shape index (κ2) is 3.81. The molecule has 0 heterocycles. The van der Waals surface area contributed by atoms with Crippen LogP contribution in [0.1, 0.15) is 52.9 Å². The molecule has 0 aromatic carbocycles. The molecule has 2 atom stereocenters. The van der Waals surface area contributed by atoms with Gasteiger partial charge in [-0.15, -0.1) is 6.58 Å². The van der Waals surface area contributed by atoms with Crippen LogP contribution >= 0.6 is 0 Å². The summed E-state index contributed by atoms with van der Waals surface area (Å²) < 4.78 is 0. The van der Waals surface area contributed by atoms with Crippen molar-refractivity contribution in [1.29, 1.82) is 0 Å². The van der Waals surface area contributed by atoms with Gasteiger partial charge >= 0.3 is 0 Å². The molecule has 2 rings (SSSR count). The van der Waals surface area contributed by atoms with Gasteiger partial charge in [-0.25, -0.2) is 0 Å². The van der Waals surface area contributed by atoms with Gasteiger partial charge in [0.1, 0.15) is 0 Å². The molecule has 0 N–H and O–H groups in total. The minimum absolute atomic E-state index is 0.498. The average molecular weight is 204 g/mol. The summed E-state index contributed by atoms with van der Waals surface area (Å²) in [6.07, 6.45) is 9.28. The third-order valence-corrected chi connectivity index (χ3v) is 4.57. The van der Waals surface area contributed by atoms with Crippen LogP contribution in [0.3, 0.4) is 0 Å². The maximum absolute atomic E-state index is 3.97. The Morgan fingerprint density at radius 2 is 2.20 bits per heavy atom. The van der Waals surface area contributed by atoms with E-state index >= 15 is 0 Å². The lowest BCUT2D eigenvalue weighted by molar-refractivity contribution is 0.287. The molecule has 0 aliphatic heterocycles. The molecule has 2 aliphatic carbocycles. The molecule has 0 nitrogen and oxygen atoms in total. The second-order valence-corrected chi connectivity index (χ2v) is 6.08.